The minimum atomic E-state index is 0.566. The molecule has 0 unspecified atom stereocenters. The van der Waals surface area contributed by atoms with Gasteiger partial charge < -0.3 is 9.47 Å². The molecule has 3 heteroatoms. The van der Waals surface area contributed by atoms with E-state index >= 15 is 0 Å². The van der Waals surface area contributed by atoms with E-state index < -0.39 is 0 Å². The van der Waals surface area contributed by atoms with Gasteiger partial charge in [0.15, 0.2) is 0 Å². The average Bonchev–Trinajstić information content (AvgIpc) is 2.39. The maximum absolute atomic E-state index is 10.9. The second-order valence-corrected chi connectivity index (χ2v) is 3.89. The standard InChI is InChI=1S/C15H16O3/c1-3-17-13-6-5-12-7-11(10-16)8-15(18-4-2)14(12)9-13/h5-10H,3-4H2,1-2H3. The minimum absolute atomic E-state index is 0.566. The Morgan fingerprint density at radius 1 is 1.06 bits per heavy atom. The first-order chi connectivity index (χ1) is 8.78. The molecule has 0 N–H and O–H groups in total. The average molecular weight is 244 g/mol. The molecule has 0 aliphatic rings. The SMILES string of the molecule is CCOc1ccc2cc(C=O)cc(OCC)c2c1. The molecule has 0 radical (unpaired) electrons. The highest BCUT2D eigenvalue weighted by atomic mass is 16.5. The highest BCUT2D eigenvalue weighted by molar-refractivity contribution is 5.94. The van der Waals surface area contributed by atoms with Crippen LogP contribution in [0.5, 0.6) is 11.5 Å². The van der Waals surface area contributed by atoms with Crippen molar-refractivity contribution in [2.24, 2.45) is 0 Å². The zero-order valence-corrected chi connectivity index (χ0v) is 10.6. The summed E-state index contributed by atoms with van der Waals surface area (Å²) in [6, 6.07) is 9.39. The number of rotatable bonds is 5. The van der Waals surface area contributed by atoms with Crippen molar-refractivity contribution in [3.63, 3.8) is 0 Å². The van der Waals surface area contributed by atoms with Crippen molar-refractivity contribution in [3.05, 3.63) is 35.9 Å². The molecule has 2 aromatic rings. The molecular weight excluding hydrogens is 228 g/mol. The number of hydrogen-bond acceptors (Lipinski definition) is 3. The van der Waals surface area contributed by atoms with E-state index in [0.29, 0.717) is 18.8 Å². The lowest BCUT2D eigenvalue weighted by molar-refractivity contribution is 0.112. The largest absolute Gasteiger partial charge is 0.494 e. The van der Waals surface area contributed by atoms with Crippen molar-refractivity contribution < 1.29 is 14.3 Å². The smallest absolute Gasteiger partial charge is 0.150 e. The summed E-state index contributed by atoms with van der Waals surface area (Å²) in [5.41, 5.74) is 0.620. The number of carbonyl (C=O) groups is 1. The molecule has 0 spiro atoms. The van der Waals surface area contributed by atoms with Gasteiger partial charge in [0.05, 0.1) is 13.2 Å². The molecule has 0 aliphatic heterocycles. The summed E-state index contributed by atoms with van der Waals surface area (Å²) in [6.07, 6.45) is 0.832. The first-order valence-electron chi connectivity index (χ1n) is 6.07. The Kier molecular flexibility index (Phi) is 3.82. The van der Waals surface area contributed by atoms with E-state index in [1.165, 1.54) is 0 Å². The van der Waals surface area contributed by atoms with Crippen molar-refractivity contribution in [3.8, 4) is 11.5 Å². The Morgan fingerprint density at radius 3 is 2.50 bits per heavy atom. The van der Waals surface area contributed by atoms with Gasteiger partial charge in [-0.15, -0.1) is 0 Å². The van der Waals surface area contributed by atoms with Crippen LogP contribution < -0.4 is 9.47 Å². The summed E-state index contributed by atoms with van der Waals surface area (Å²) in [4.78, 5) is 10.9. The van der Waals surface area contributed by atoms with Crippen molar-refractivity contribution in [1.29, 1.82) is 0 Å². The van der Waals surface area contributed by atoms with Crippen LogP contribution in [0.1, 0.15) is 24.2 Å². The number of carbonyl (C=O) groups excluding carboxylic acids is 1. The number of aldehydes is 1. The van der Waals surface area contributed by atoms with Crippen molar-refractivity contribution in [1.82, 2.24) is 0 Å². The van der Waals surface area contributed by atoms with Crippen LogP contribution in [0.4, 0.5) is 0 Å². The molecule has 18 heavy (non-hydrogen) atoms. The Labute approximate surface area is 106 Å². The Hall–Kier alpha value is -2.03. The zero-order valence-electron chi connectivity index (χ0n) is 10.6. The van der Waals surface area contributed by atoms with Crippen LogP contribution in [-0.2, 0) is 0 Å². The lowest BCUT2D eigenvalue weighted by Crippen LogP contribution is -1.95. The van der Waals surface area contributed by atoms with Gasteiger partial charge in [-0.05, 0) is 43.5 Å². The summed E-state index contributed by atoms with van der Waals surface area (Å²) in [7, 11) is 0. The van der Waals surface area contributed by atoms with E-state index in [4.69, 9.17) is 9.47 Å². The summed E-state index contributed by atoms with van der Waals surface area (Å²) in [5.74, 6) is 1.53. The van der Waals surface area contributed by atoms with Crippen LogP contribution in [0.25, 0.3) is 10.8 Å². The predicted molar refractivity (Wildman–Crippen MR) is 71.7 cm³/mol. The fourth-order valence-corrected chi connectivity index (χ4v) is 1.92. The summed E-state index contributed by atoms with van der Waals surface area (Å²) in [5, 5.41) is 1.94. The fourth-order valence-electron chi connectivity index (χ4n) is 1.92. The van der Waals surface area contributed by atoms with Gasteiger partial charge in [-0.3, -0.25) is 4.79 Å². The lowest BCUT2D eigenvalue weighted by atomic mass is 10.1. The molecule has 0 fully saturated rings. The molecule has 94 valence electrons. The Balaban J connectivity index is 2.59. The van der Waals surface area contributed by atoms with Crippen molar-refractivity contribution >= 4 is 17.1 Å². The van der Waals surface area contributed by atoms with Gasteiger partial charge in [0, 0.05) is 10.9 Å². The minimum Gasteiger partial charge on any atom is -0.494 e. The monoisotopic (exact) mass is 244 g/mol. The second-order valence-electron chi connectivity index (χ2n) is 3.89. The number of fused-ring (bicyclic) bond motifs is 1. The maximum atomic E-state index is 10.9. The molecule has 0 bridgehead atoms. The van der Waals surface area contributed by atoms with Crippen LogP contribution in [0.2, 0.25) is 0 Å². The van der Waals surface area contributed by atoms with Gasteiger partial charge in [-0.1, -0.05) is 6.07 Å². The predicted octanol–water partition coefficient (Wildman–Crippen LogP) is 3.45. The molecule has 0 aliphatic carbocycles. The van der Waals surface area contributed by atoms with E-state index in [-0.39, 0.29) is 0 Å². The summed E-state index contributed by atoms with van der Waals surface area (Å²) in [6.45, 7) is 5.06. The Bertz CT molecular complexity index is 561. The van der Waals surface area contributed by atoms with Crippen LogP contribution in [0.15, 0.2) is 30.3 Å². The molecule has 0 saturated carbocycles. The van der Waals surface area contributed by atoms with Crippen LogP contribution >= 0.6 is 0 Å². The van der Waals surface area contributed by atoms with Crippen LogP contribution in [-0.4, -0.2) is 19.5 Å². The molecule has 2 aromatic carbocycles. The first-order valence-corrected chi connectivity index (χ1v) is 6.07. The maximum Gasteiger partial charge on any atom is 0.150 e. The summed E-state index contributed by atoms with van der Waals surface area (Å²) >= 11 is 0. The van der Waals surface area contributed by atoms with Crippen molar-refractivity contribution in [2.75, 3.05) is 13.2 Å². The van der Waals surface area contributed by atoms with Gasteiger partial charge >= 0.3 is 0 Å². The van der Waals surface area contributed by atoms with Gasteiger partial charge in [0.2, 0.25) is 0 Å². The van der Waals surface area contributed by atoms with E-state index in [2.05, 4.69) is 0 Å². The zero-order chi connectivity index (χ0) is 13.0. The lowest BCUT2D eigenvalue weighted by Gasteiger charge is -2.10. The van der Waals surface area contributed by atoms with E-state index in [1.807, 2.05) is 38.1 Å². The molecule has 3 nitrogen and oxygen atoms in total. The van der Waals surface area contributed by atoms with Gasteiger partial charge in [-0.2, -0.15) is 0 Å². The molecule has 0 atom stereocenters. The van der Waals surface area contributed by atoms with Gasteiger partial charge in [0.25, 0.3) is 0 Å². The molecular formula is C15H16O3. The third-order valence-electron chi connectivity index (χ3n) is 2.66. The normalized spacial score (nSPS) is 10.3. The van der Waals surface area contributed by atoms with Crippen molar-refractivity contribution in [2.45, 2.75) is 13.8 Å². The molecule has 0 aromatic heterocycles. The highest BCUT2D eigenvalue weighted by Crippen LogP contribution is 2.30. The van der Waals surface area contributed by atoms with Crippen LogP contribution in [0.3, 0.4) is 0 Å². The molecule has 0 saturated heterocycles. The van der Waals surface area contributed by atoms with E-state index in [0.717, 1.165) is 28.6 Å². The number of ether oxygens (including phenoxy) is 2. The molecule has 2 rings (SSSR count). The van der Waals surface area contributed by atoms with E-state index in [1.54, 1.807) is 6.07 Å². The van der Waals surface area contributed by atoms with Gasteiger partial charge in [0.1, 0.15) is 17.8 Å². The number of benzene rings is 2. The second kappa shape index (κ2) is 5.54. The molecule has 0 amide bonds. The molecule has 0 heterocycles. The third kappa shape index (κ3) is 2.45. The topological polar surface area (TPSA) is 35.5 Å². The number of hydrogen-bond donors (Lipinski definition) is 0. The fraction of sp³-hybridized carbons (Fsp3) is 0.267. The van der Waals surface area contributed by atoms with E-state index in [9.17, 15) is 4.79 Å². The van der Waals surface area contributed by atoms with Gasteiger partial charge in [-0.25, -0.2) is 0 Å². The summed E-state index contributed by atoms with van der Waals surface area (Å²) < 4.78 is 11.1. The third-order valence-corrected chi connectivity index (χ3v) is 2.66. The highest BCUT2D eigenvalue weighted by Gasteiger charge is 2.06. The quantitative estimate of drug-likeness (QED) is 0.756. The Morgan fingerprint density at radius 2 is 1.83 bits per heavy atom. The first kappa shape index (κ1) is 12.4. The van der Waals surface area contributed by atoms with Crippen LogP contribution in [0, 0.1) is 0 Å².